The van der Waals surface area contributed by atoms with E-state index in [4.69, 9.17) is 21.1 Å². The van der Waals surface area contributed by atoms with E-state index < -0.39 is 0 Å². The minimum Gasteiger partial charge on any atom is -0.454 e. The second kappa shape index (κ2) is 6.46. The Morgan fingerprint density at radius 2 is 1.92 bits per heavy atom. The van der Waals surface area contributed by atoms with Gasteiger partial charge in [0.15, 0.2) is 16.7 Å². The van der Waals surface area contributed by atoms with Crippen molar-refractivity contribution in [3.05, 3.63) is 58.0 Å². The molecule has 0 bridgehead atoms. The van der Waals surface area contributed by atoms with Gasteiger partial charge < -0.3 is 9.47 Å². The third kappa shape index (κ3) is 3.23. The van der Waals surface area contributed by atoms with Crippen molar-refractivity contribution in [1.29, 1.82) is 0 Å². The molecule has 7 heteroatoms. The zero-order valence-electron chi connectivity index (χ0n) is 13.2. The summed E-state index contributed by atoms with van der Waals surface area (Å²) in [4.78, 5) is 19.1. The lowest BCUT2D eigenvalue weighted by Crippen LogP contribution is -2.23. The minimum absolute atomic E-state index is 0.0876. The summed E-state index contributed by atoms with van der Waals surface area (Å²) in [7, 11) is 1.71. The van der Waals surface area contributed by atoms with Gasteiger partial charge in [-0.2, -0.15) is 0 Å². The molecule has 0 N–H and O–H groups in total. The zero-order chi connectivity index (χ0) is 17.4. The van der Waals surface area contributed by atoms with Gasteiger partial charge in [0.2, 0.25) is 6.79 Å². The molecular formula is C18H13ClN2O3S. The smallest absolute Gasteiger partial charge is 0.266 e. The normalized spacial score (nSPS) is 19.3. The van der Waals surface area contributed by atoms with Crippen LogP contribution in [0.5, 0.6) is 11.5 Å². The number of rotatable bonds is 2. The summed E-state index contributed by atoms with van der Waals surface area (Å²) in [5.74, 6) is 1.32. The highest BCUT2D eigenvalue weighted by atomic mass is 35.5. The fourth-order valence-corrected chi connectivity index (χ4v) is 3.54. The molecule has 25 heavy (non-hydrogen) atoms. The van der Waals surface area contributed by atoms with E-state index in [2.05, 4.69) is 4.99 Å². The molecule has 1 saturated heterocycles. The summed E-state index contributed by atoms with van der Waals surface area (Å²) in [5, 5.41) is 1.27. The fourth-order valence-electron chi connectivity index (χ4n) is 2.43. The summed E-state index contributed by atoms with van der Waals surface area (Å²) in [6.45, 7) is 0.226. The molecule has 0 saturated carbocycles. The van der Waals surface area contributed by atoms with Crippen molar-refractivity contribution in [2.75, 3.05) is 13.8 Å². The van der Waals surface area contributed by atoms with Gasteiger partial charge in [-0.15, -0.1) is 0 Å². The van der Waals surface area contributed by atoms with Crippen molar-refractivity contribution < 1.29 is 14.3 Å². The first-order valence-corrected chi connectivity index (χ1v) is 8.71. The number of hydrogen-bond acceptors (Lipinski definition) is 5. The maximum Gasteiger partial charge on any atom is 0.266 e. The Labute approximate surface area is 153 Å². The number of carbonyl (C=O) groups is 1. The van der Waals surface area contributed by atoms with Crippen molar-refractivity contribution in [2.45, 2.75) is 0 Å². The number of thioether (sulfide) groups is 1. The summed E-state index contributed by atoms with van der Waals surface area (Å²) in [6, 6.07) is 12.8. The zero-order valence-corrected chi connectivity index (χ0v) is 14.8. The number of fused-ring (bicyclic) bond motifs is 1. The van der Waals surface area contributed by atoms with Crippen molar-refractivity contribution in [1.82, 2.24) is 4.90 Å². The van der Waals surface area contributed by atoms with Gasteiger partial charge in [-0.3, -0.25) is 9.69 Å². The van der Waals surface area contributed by atoms with Gasteiger partial charge >= 0.3 is 0 Å². The number of aliphatic imine (C=N–C) groups is 1. The molecule has 2 aliphatic rings. The second-order valence-electron chi connectivity index (χ2n) is 5.46. The van der Waals surface area contributed by atoms with Gasteiger partial charge in [-0.25, -0.2) is 4.99 Å². The average Bonchev–Trinajstić information content (AvgIpc) is 3.17. The van der Waals surface area contributed by atoms with E-state index in [0.717, 1.165) is 17.0 Å². The molecule has 4 rings (SSSR count). The highest BCUT2D eigenvalue weighted by Crippen LogP contribution is 2.36. The summed E-state index contributed by atoms with van der Waals surface area (Å²) < 4.78 is 10.7. The average molecular weight is 373 g/mol. The van der Waals surface area contributed by atoms with E-state index in [0.29, 0.717) is 20.8 Å². The van der Waals surface area contributed by atoms with E-state index in [9.17, 15) is 4.79 Å². The SMILES string of the molecule is CN1C(=O)C(=Cc2ccc3c(c2)OCO3)SC1=Nc1ccc(Cl)cc1. The topological polar surface area (TPSA) is 51.1 Å². The maximum absolute atomic E-state index is 12.5. The van der Waals surface area contributed by atoms with Crippen molar-refractivity contribution in [3.63, 3.8) is 0 Å². The lowest BCUT2D eigenvalue weighted by atomic mass is 10.2. The Hall–Kier alpha value is -2.44. The summed E-state index contributed by atoms with van der Waals surface area (Å²) in [5.41, 5.74) is 1.62. The molecule has 1 amide bonds. The van der Waals surface area contributed by atoms with Crippen LogP contribution in [0.15, 0.2) is 52.4 Å². The van der Waals surface area contributed by atoms with Gasteiger partial charge in [0.25, 0.3) is 5.91 Å². The van der Waals surface area contributed by atoms with Crippen LogP contribution in [0.3, 0.4) is 0 Å². The van der Waals surface area contributed by atoms with Crippen LogP contribution in [-0.4, -0.2) is 29.8 Å². The van der Waals surface area contributed by atoms with E-state index in [1.807, 2.05) is 36.4 Å². The Bertz CT molecular complexity index is 909. The molecule has 126 valence electrons. The molecule has 0 aliphatic carbocycles. The number of amidine groups is 1. The van der Waals surface area contributed by atoms with Crippen LogP contribution in [0.25, 0.3) is 6.08 Å². The molecular weight excluding hydrogens is 360 g/mol. The molecule has 2 heterocycles. The van der Waals surface area contributed by atoms with Crippen LogP contribution in [0, 0.1) is 0 Å². The van der Waals surface area contributed by atoms with Gasteiger partial charge in [0, 0.05) is 12.1 Å². The van der Waals surface area contributed by atoms with Gasteiger partial charge in [-0.1, -0.05) is 17.7 Å². The quantitative estimate of drug-likeness (QED) is 0.737. The molecule has 0 aromatic heterocycles. The molecule has 1 fully saturated rings. The number of halogens is 1. The van der Waals surface area contributed by atoms with Gasteiger partial charge in [0.05, 0.1) is 10.6 Å². The Morgan fingerprint density at radius 3 is 2.72 bits per heavy atom. The van der Waals surface area contributed by atoms with Crippen LogP contribution in [-0.2, 0) is 4.79 Å². The number of benzene rings is 2. The monoisotopic (exact) mass is 372 g/mol. The molecule has 2 aliphatic heterocycles. The third-order valence-corrected chi connectivity index (χ3v) is 5.06. The van der Waals surface area contributed by atoms with Gasteiger partial charge in [-0.05, 0) is 59.8 Å². The molecule has 2 aromatic carbocycles. The number of hydrogen-bond donors (Lipinski definition) is 0. The maximum atomic E-state index is 12.5. The number of nitrogens with zero attached hydrogens (tertiary/aromatic N) is 2. The molecule has 0 spiro atoms. The Balaban J connectivity index is 1.61. The summed E-state index contributed by atoms with van der Waals surface area (Å²) >= 11 is 7.22. The van der Waals surface area contributed by atoms with E-state index >= 15 is 0 Å². The van der Waals surface area contributed by atoms with Crippen LogP contribution in [0.1, 0.15) is 5.56 Å². The minimum atomic E-state index is -0.0876. The standard InChI is InChI=1S/C18H13ClN2O3S/c1-21-17(22)16(9-11-2-7-14-15(8-11)24-10-23-14)25-18(21)20-13-5-3-12(19)4-6-13/h2-9H,10H2,1H3. The predicted octanol–water partition coefficient (Wildman–Crippen LogP) is 4.30. The van der Waals surface area contributed by atoms with Crippen LogP contribution >= 0.6 is 23.4 Å². The first-order chi connectivity index (χ1) is 12.1. The van der Waals surface area contributed by atoms with E-state index in [1.165, 1.54) is 16.7 Å². The highest BCUT2D eigenvalue weighted by molar-refractivity contribution is 8.18. The molecule has 0 atom stereocenters. The van der Waals surface area contributed by atoms with Crippen molar-refractivity contribution >= 4 is 46.2 Å². The van der Waals surface area contributed by atoms with Gasteiger partial charge in [0.1, 0.15) is 0 Å². The van der Waals surface area contributed by atoms with E-state index in [-0.39, 0.29) is 12.7 Å². The lowest BCUT2D eigenvalue weighted by Gasteiger charge is -2.07. The summed E-state index contributed by atoms with van der Waals surface area (Å²) in [6.07, 6.45) is 1.83. The van der Waals surface area contributed by atoms with Crippen molar-refractivity contribution in [3.8, 4) is 11.5 Å². The lowest BCUT2D eigenvalue weighted by molar-refractivity contribution is -0.121. The molecule has 0 unspecified atom stereocenters. The van der Waals surface area contributed by atoms with E-state index in [1.54, 1.807) is 19.2 Å². The Kier molecular flexibility index (Phi) is 4.15. The predicted molar refractivity (Wildman–Crippen MR) is 99.5 cm³/mol. The first kappa shape index (κ1) is 16.1. The second-order valence-corrected chi connectivity index (χ2v) is 6.90. The number of carbonyl (C=O) groups excluding carboxylic acids is 1. The molecule has 5 nitrogen and oxygen atoms in total. The highest BCUT2D eigenvalue weighted by Gasteiger charge is 2.30. The largest absolute Gasteiger partial charge is 0.454 e. The first-order valence-electron chi connectivity index (χ1n) is 7.52. The number of ether oxygens (including phenoxy) is 2. The Morgan fingerprint density at radius 1 is 1.16 bits per heavy atom. The molecule has 2 aromatic rings. The van der Waals surface area contributed by atoms with Crippen molar-refractivity contribution in [2.24, 2.45) is 4.99 Å². The number of amides is 1. The third-order valence-electron chi connectivity index (χ3n) is 3.75. The molecule has 0 radical (unpaired) electrons. The van der Waals surface area contributed by atoms with Crippen LogP contribution in [0.2, 0.25) is 5.02 Å². The number of likely N-dealkylation sites (N-methyl/N-ethyl adjacent to an activating group) is 1. The van der Waals surface area contributed by atoms with Crippen LogP contribution < -0.4 is 9.47 Å². The van der Waals surface area contributed by atoms with Crippen LogP contribution in [0.4, 0.5) is 5.69 Å². The fraction of sp³-hybridized carbons (Fsp3) is 0.111.